The molecule has 0 heterocycles. The summed E-state index contributed by atoms with van der Waals surface area (Å²) < 4.78 is 52.8. The zero-order valence-corrected chi connectivity index (χ0v) is 46.1. The predicted octanol–water partition coefficient (Wildman–Crippen LogP) is 9.69. The van der Waals surface area contributed by atoms with Crippen LogP contribution in [0.25, 0.3) is 0 Å². The molecule has 3 rings (SSSR count). The van der Waals surface area contributed by atoms with Crippen LogP contribution in [0.5, 0.6) is 0 Å². The predicted molar refractivity (Wildman–Crippen MR) is 275 cm³/mol. The molecule has 0 aliphatic heterocycles. The number of ether oxygens (including phenoxy) is 4. The lowest BCUT2D eigenvalue weighted by atomic mass is 9.97. The molecule has 0 aromatic heterocycles. The summed E-state index contributed by atoms with van der Waals surface area (Å²) in [5.74, 6) is -3.22. The Hall–Kier alpha value is -5.72. The highest BCUT2D eigenvalue weighted by Gasteiger charge is 2.38. The van der Waals surface area contributed by atoms with Crippen LogP contribution < -0.4 is 16.4 Å². The Labute approximate surface area is 435 Å². The van der Waals surface area contributed by atoms with Gasteiger partial charge in [0.15, 0.2) is 0 Å². The molecule has 2 amide bonds. The maximum atomic E-state index is 12.0. The molecule has 0 aliphatic carbocycles. The number of aliphatic hydroxyl groups excluding tert-OH is 1. The van der Waals surface area contributed by atoms with E-state index in [9.17, 15) is 42.3 Å². The minimum atomic E-state index is -5.08. The van der Waals surface area contributed by atoms with E-state index in [0.717, 1.165) is 17.5 Å². The van der Waals surface area contributed by atoms with Crippen LogP contribution in [-0.2, 0) is 57.4 Å². The van der Waals surface area contributed by atoms with Crippen LogP contribution in [0.1, 0.15) is 121 Å². The summed E-state index contributed by atoms with van der Waals surface area (Å²) in [4.78, 5) is 66.3. The van der Waals surface area contributed by atoms with E-state index in [-0.39, 0.29) is 53.9 Å². The second kappa shape index (κ2) is 32.5. The first-order valence-electron chi connectivity index (χ1n) is 23.6. The molecule has 0 radical (unpaired) electrons. The lowest BCUT2D eigenvalue weighted by Gasteiger charge is -2.25. The Kier molecular flexibility index (Phi) is 30.8. The molecule has 0 saturated carbocycles. The standard InChI is InChI=1S/C19H29NO4.C14H21NO3.C14H21NO2.C5H9ClO.C2HF3O2/c1-18(2,3)16(21)23-13-15(12-14-10-8-7-9-11-14)20-17(22)24-19(4,5)6;1-14(2,3)18-13(17)15-12(10-16)9-11-7-5-4-6-8-11;1-14(2,3)13(16)17-10-12(15)9-11-7-5-4-6-8-11;1-5(2,3)4(6)7;3-2(4,5)1(6)7/h7-11,15H,12-13H2,1-6H3,(H,20,22);4-8,12,16H,9-10H2,1-3H3,(H,15,17);4-8,12H,9-10,15H2,1-3H3;1-3H3;(H,6,7)/p+1. The molecule has 0 bridgehead atoms. The van der Waals surface area contributed by atoms with E-state index in [1.807, 2.05) is 99.6 Å². The number of alkyl halides is 3. The number of amides is 2. The number of nitrogens with one attached hydrogen (secondary N) is 2. The van der Waals surface area contributed by atoms with Crippen LogP contribution in [0.4, 0.5) is 22.8 Å². The van der Waals surface area contributed by atoms with Crippen molar-refractivity contribution in [3.05, 3.63) is 108 Å². The van der Waals surface area contributed by atoms with E-state index < -0.39 is 46.4 Å². The van der Waals surface area contributed by atoms with Crippen molar-refractivity contribution in [2.75, 3.05) is 19.8 Å². The first-order chi connectivity index (χ1) is 33.2. The number of halogens is 4. The lowest BCUT2D eigenvalue weighted by Crippen LogP contribution is -2.64. The van der Waals surface area contributed by atoms with E-state index in [0.29, 0.717) is 19.4 Å². The third kappa shape index (κ3) is 38.6. The summed E-state index contributed by atoms with van der Waals surface area (Å²) in [6.45, 7) is 27.5. The van der Waals surface area contributed by atoms with Crippen LogP contribution in [0, 0.1) is 16.2 Å². The smallest absolute Gasteiger partial charge is 0.475 e. The Bertz CT molecular complexity index is 2050. The topological polar surface area (TPSA) is 231 Å². The van der Waals surface area contributed by atoms with Gasteiger partial charge in [-0.1, -0.05) is 112 Å². The monoisotopic (exact) mass is 1060 g/mol. The number of benzene rings is 3. The highest BCUT2D eigenvalue weighted by atomic mass is 35.5. The Balaban J connectivity index is 0. The van der Waals surface area contributed by atoms with Crippen molar-refractivity contribution in [1.82, 2.24) is 10.6 Å². The van der Waals surface area contributed by atoms with Gasteiger partial charge in [-0.05, 0) is 124 Å². The minimum absolute atomic E-state index is 0.101. The third-order valence-corrected chi connectivity index (χ3v) is 9.17. The molecule has 3 aromatic carbocycles. The molecule has 0 aliphatic rings. The number of carboxylic acid groups (broad SMARTS) is 1. The SMILES string of the molecule is CC(C)(C)C(=O)Cl.CC(C)(C)C(=O)OCC([NH3+])Cc1ccccc1.CC(C)(C)OC(=O)NC(CO)Cc1ccccc1.CC(C)(C)OC(=O)NC(COC(=O)C(C)(C)C)Cc1ccccc1.O=C(O)C(F)(F)F. The molecule has 19 heteroatoms. The van der Waals surface area contributed by atoms with Gasteiger partial charge in [0.2, 0.25) is 5.24 Å². The van der Waals surface area contributed by atoms with Crippen molar-refractivity contribution in [3.63, 3.8) is 0 Å². The summed E-state index contributed by atoms with van der Waals surface area (Å²) in [6, 6.07) is 29.0. The normalized spacial score (nSPS) is 12.7. The maximum absolute atomic E-state index is 12.0. The minimum Gasteiger partial charge on any atom is -0.475 e. The molecule has 0 saturated heterocycles. The Morgan fingerprint density at radius 3 is 1.10 bits per heavy atom. The molecular weight excluding hydrogens is 975 g/mol. The number of carbonyl (C=O) groups excluding carboxylic acids is 5. The first-order valence-corrected chi connectivity index (χ1v) is 23.9. The van der Waals surface area contributed by atoms with Gasteiger partial charge in [-0.15, -0.1) is 0 Å². The highest BCUT2D eigenvalue weighted by Crippen LogP contribution is 2.18. The summed E-state index contributed by atoms with van der Waals surface area (Å²) in [5, 5.41) is 21.6. The molecule has 0 spiro atoms. The molecule has 3 atom stereocenters. The molecule has 73 heavy (non-hydrogen) atoms. The first kappa shape index (κ1) is 69.4. The van der Waals surface area contributed by atoms with Gasteiger partial charge in [0.1, 0.15) is 30.5 Å². The average molecular weight is 1060 g/mol. The number of hydrogen-bond donors (Lipinski definition) is 5. The zero-order valence-electron chi connectivity index (χ0n) is 45.3. The maximum Gasteiger partial charge on any atom is 0.490 e. The Morgan fingerprint density at radius 2 is 0.822 bits per heavy atom. The van der Waals surface area contributed by atoms with Crippen LogP contribution in [0.3, 0.4) is 0 Å². The summed E-state index contributed by atoms with van der Waals surface area (Å²) in [6.07, 6.45) is -4.14. The van der Waals surface area contributed by atoms with Gasteiger partial charge in [0, 0.05) is 11.8 Å². The number of carboxylic acids is 1. The molecular formula is C54H82ClF3N3O12+. The van der Waals surface area contributed by atoms with Crippen molar-refractivity contribution in [2.45, 2.75) is 159 Å². The second-order valence-corrected chi connectivity index (χ2v) is 22.2. The summed E-state index contributed by atoms with van der Waals surface area (Å²) >= 11 is 5.11. The van der Waals surface area contributed by atoms with Gasteiger partial charge in [0.25, 0.3) is 0 Å². The van der Waals surface area contributed by atoms with Crippen LogP contribution in [0.15, 0.2) is 91.0 Å². The number of carbonyl (C=O) groups is 6. The fourth-order valence-electron chi connectivity index (χ4n) is 4.87. The van der Waals surface area contributed by atoms with Gasteiger partial charge >= 0.3 is 36.3 Å². The second-order valence-electron chi connectivity index (χ2n) is 21.8. The fraction of sp³-hybridized carbons (Fsp3) is 0.556. The highest BCUT2D eigenvalue weighted by molar-refractivity contribution is 6.64. The van der Waals surface area contributed by atoms with Crippen LogP contribution in [0.2, 0.25) is 0 Å². The number of aliphatic hydroxyl groups is 1. The number of hydrogen-bond acceptors (Lipinski definition) is 11. The van der Waals surface area contributed by atoms with Gasteiger partial charge in [-0.25, -0.2) is 14.4 Å². The number of quaternary nitrogens is 1. The van der Waals surface area contributed by atoms with Crippen molar-refractivity contribution in [3.8, 4) is 0 Å². The Morgan fingerprint density at radius 1 is 0.534 bits per heavy atom. The average Bonchev–Trinajstić information content (AvgIpc) is 3.23. The molecule has 3 aromatic rings. The van der Waals surface area contributed by atoms with E-state index in [1.54, 1.807) is 83.1 Å². The fourth-order valence-corrected chi connectivity index (χ4v) is 4.87. The van der Waals surface area contributed by atoms with E-state index in [2.05, 4.69) is 28.5 Å². The van der Waals surface area contributed by atoms with Crippen molar-refractivity contribution in [2.24, 2.45) is 16.2 Å². The molecule has 412 valence electrons. The van der Waals surface area contributed by atoms with E-state index in [1.165, 1.54) is 5.56 Å². The van der Waals surface area contributed by atoms with E-state index >= 15 is 0 Å². The van der Waals surface area contributed by atoms with Crippen molar-refractivity contribution < 1.29 is 76.8 Å². The van der Waals surface area contributed by atoms with Crippen LogP contribution in [-0.4, -0.2) is 101 Å². The number of aliphatic carboxylic acids is 1. The third-order valence-electron chi connectivity index (χ3n) is 8.60. The van der Waals surface area contributed by atoms with Gasteiger partial charge in [-0.3, -0.25) is 14.4 Å². The quantitative estimate of drug-likeness (QED) is 0.0612. The van der Waals surface area contributed by atoms with E-state index in [4.69, 9.17) is 40.4 Å². The molecule has 15 nitrogen and oxygen atoms in total. The summed E-state index contributed by atoms with van der Waals surface area (Å²) in [7, 11) is 0. The number of esters is 2. The largest absolute Gasteiger partial charge is 0.490 e. The van der Waals surface area contributed by atoms with Gasteiger partial charge < -0.3 is 45.5 Å². The molecule has 7 N–H and O–H groups in total. The van der Waals surface area contributed by atoms with Crippen molar-refractivity contribution >= 4 is 46.9 Å². The zero-order chi connectivity index (χ0) is 57.0. The number of alkyl carbamates (subject to hydrolysis) is 2. The van der Waals surface area contributed by atoms with Gasteiger partial charge in [0.05, 0.1) is 29.5 Å². The summed E-state index contributed by atoms with van der Waals surface area (Å²) in [5.41, 5.74) is 4.84. The lowest BCUT2D eigenvalue weighted by molar-refractivity contribution is -0.424. The number of rotatable bonds is 13. The molecule has 0 fully saturated rings. The van der Waals surface area contributed by atoms with Crippen LogP contribution >= 0.6 is 11.6 Å². The van der Waals surface area contributed by atoms with Crippen molar-refractivity contribution in [1.29, 1.82) is 0 Å². The molecule has 3 unspecified atom stereocenters. The van der Waals surface area contributed by atoms with Gasteiger partial charge in [-0.2, -0.15) is 13.2 Å².